The van der Waals surface area contributed by atoms with E-state index in [-0.39, 0.29) is 63.1 Å². The summed E-state index contributed by atoms with van der Waals surface area (Å²) in [5.41, 5.74) is 5.92. The number of hydrogen-bond acceptors (Lipinski definition) is 4. The van der Waals surface area contributed by atoms with Crippen LogP contribution in [0, 0.1) is 5.92 Å². The fraction of sp³-hybridized carbons (Fsp3) is 0.667. The molecule has 8 heteroatoms. The number of urea groups is 1. The van der Waals surface area contributed by atoms with Crippen LogP contribution in [0.15, 0.2) is 6.07 Å². The summed E-state index contributed by atoms with van der Waals surface area (Å²) >= 11 is 0. The molecular weight excluding hydrogens is 413 g/mol. The summed E-state index contributed by atoms with van der Waals surface area (Å²) in [7, 11) is -3.65. The Morgan fingerprint density at radius 3 is 2.31 bits per heavy atom. The number of amides is 2. The first-order valence-electron chi connectivity index (χ1n) is 10.5. The largest absolute Gasteiger partial charge is 0.332 e. The van der Waals surface area contributed by atoms with Crippen molar-refractivity contribution in [3.05, 3.63) is 28.3 Å². The van der Waals surface area contributed by atoms with E-state index in [1.165, 1.54) is 22.3 Å². The number of carbonyl (C=O) groups excluding carboxylic acids is 1. The second-order valence-electron chi connectivity index (χ2n) is 8.82. The van der Waals surface area contributed by atoms with Crippen LogP contribution in [0.5, 0.6) is 0 Å². The van der Waals surface area contributed by atoms with Gasteiger partial charge in [-0.25, -0.2) is 17.9 Å². The van der Waals surface area contributed by atoms with Crippen LogP contribution in [-0.4, -0.2) is 95.6 Å². The van der Waals surface area contributed by atoms with Crippen molar-refractivity contribution in [3.63, 3.8) is 0 Å². The van der Waals surface area contributed by atoms with Gasteiger partial charge in [-0.15, -0.1) is 0 Å². The Bertz CT molecular complexity index is 853. The van der Waals surface area contributed by atoms with E-state index in [9.17, 15) is 13.2 Å². The number of aryl methyl sites for hydroxylation is 2. The first kappa shape index (κ1) is 23.7. The van der Waals surface area contributed by atoms with Crippen molar-refractivity contribution in [2.45, 2.75) is 64.8 Å². The molecule has 1 aromatic carbocycles. The molecule has 1 atom stereocenters. The van der Waals surface area contributed by atoms with Crippen molar-refractivity contribution < 1.29 is 13.2 Å². The minimum Gasteiger partial charge on any atom is -0.307 e. The van der Waals surface area contributed by atoms with Gasteiger partial charge >= 0.3 is 6.03 Å². The molecule has 4 rings (SSSR count). The molecule has 1 radical (unpaired) electrons. The van der Waals surface area contributed by atoms with Crippen LogP contribution >= 0.6 is 0 Å². The molecule has 1 unspecified atom stereocenters. The van der Waals surface area contributed by atoms with Gasteiger partial charge in [-0.3, -0.25) is 0 Å². The summed E-state index contributed by atoms with van der Waals surface area (Å²) in [6.45, 7) is 5.95. The molecule has 29 heavy (non-hydrogen) atoms. The molecule has 0 spiro atoms. The number of anilines is 1. The molecule has 2 amide bonds. The maximum absolute atomic E-state index is 12.6. The third-order valence-corrected chi connectivity index (χ3v) is 7.87. The zero-order chi connectivity index (χ0) is 19.9. The van der Waals surface area contributed by atoms with Crippen LogP contribution in [0.2, 0.25) is 0 Å². The number of nitrogens with zero attached hydrogens (tertiary/aromatic N) is 1. The third-order valence-electron chi connectivity index (χ3n) is 6.46. The summed E-state index contributed by atoms with van der Waals surface area (Å²) in [5.74, 6) is 0.0900. The van der Waals surface area contributed by atoms with Gasteiger partial charge < -0.3 is 10.2 Å². The second-order valence-corrected chi connectivity index (χ2v) is 10.6. The predicted octanol–water partition coefficient (Wildman–Crippen LogP) is 2.46. The maximum atomic E-state index is 12.6. The molecule has 1 saturated heterocycles. The Morgan fingerprint density at radius 1 is 1.14 bits per heavy atom. The molecule has 6 nitrogen and oxygen atoms in total. The van der Waals surface area contributed by atoms with Gasteiger partial charge in [-0.2, -0.15) is 0 Å². The van der Waals surface area contributed by atoms with Crippen molar-refractivity contribution in [3.8, 4) is 0 Å². The first-order chi connectivity index (χ1) is 13.3. The zero-order valence-electron chi connectivity index (χ0n) is 17.9. The van der Waals surface area contributed by atoms with Gasteiger partial charge in [0, 0.05) is 69.7 Å². The molecule has 155 valence electrons. The summed E-state index contributed by atoms with van der Waals surface area (Å²) in [6.07, 6.45) is 7.06. The van der Waals surface area contributed by atoms with Crippen LogP contribution in [-0.2, 0) is 35.7 Å². The molecule has 1 aromatic rings. The Kier molecular flexibility index (Phi) is 7.90. The number of fused-ring (bicyclic) bond motifs is 2. The number of benzene rings is 1. The van der Waals surface area contributed by atoms with Gasteiger partial charge in [0.2, 0.25) is 10.0 Å². The summed E-state index contributed by atoms with van der Waals surface area (Å²) in [4.78, 5) is 14.9. The Morgan fingerprint density at radius 2 is 1.76 bits per heavy atom. The normalized spacial score (nSPS) is 21.0. The Balaban J connectivity index is 0.00000240. The van der Waals surface area contributed by atoms with E-state index in [0.717, 1.165) is 63.7 Å². The SMILES string of the molecule is CC(C)N1CCC(CS(=O)(=O)NC(=O)Nc2c3c(cc4c2CCC4)CCC3)C1.[K]. The fourth-order valence-electron chi connectivity index (χ4n) is 5.07. The van der Waals surface area contributed by atoms with E-state index in [0.29, 0.717) is 6.04 Å². The minimum absolute atomic E-state index is 0. The van der Waals surface area contributed by atoms with Crippen LogP contribution in [0.25, 0.3) is 0 Å². The number of rotatable bonds is 5. The van der Waals surface area contributed by atoms with Gasteiger partial charge in [0.1, 0.15) is 0 Å². The van der Waals surface area contributed by atoms with E-state index >= 15 is 0 Å². The fourth-order valence-corrected chi connectivity index (χ4v) is 6.38. The van der Waals surface area contributed by atoms with Crippen LogP contribution in [0.1, 0.15) is 55.4 Å². The van der Waals surface area contributed by atoms with E-state index in [1.54, 1.807) is 0 Å². The topological polar surface area (TPSA) is 78.5 Å². The van der Waals surface area contributed by atoms with Crippen molar-refractivity contribution in [2.75, 3.05) is 24.2 Å². The average molecular weight is 445 g/mol. The molecule has 0 bridgehead atoms. The number of sulfonamides is 1. The van der Waals surface area contributed by atoms with Gasteiger partial charge in [-0.05, 0) is 93.5 Å². The molecular formula is C21H31KN3O3S. The van der Waals surface area contributed by atoms with Crippen molar-refractivity contribution >= 4 is 73.1 Å². The van der Waals surface area contributed by atoms with Gasteiger partial charge in [-0.1, -0.05) is 6.07 Å². The average Bonchev–Trinajstić information content (AvgIpc) is 3.32. The molecule has 1 fully saturated rings. The molecule has 2 N–H and O–H groups in total. The van der Waals surface area contributed by atoms with E-state index in [2.05, 4.69) is 34.9 Å². The summed E-state index contributed by atoms with van der Waals surface area (Å²) < 4.78 is 27.3. The number of nitrogens with one attached hydrogen (secondary N) is 2. The van der Waals surface area contributed by atoms with E-state index < -0.39 is 16.1 Å². The van der Waals surface area contributed by atoms with Crippen molar-refractivity contribution in [1.82, 2.24) is 9.62 Å². The first-order valence-corrected chi connectivity index (χ1v) is 12.2. The van der Waals surface area contributed by atoms with Crippen LogP contribution in [0.4, 0.5) is 10.5 Å². The quantitative estimate of drug-likeness (QED) is 0.684. The van der Waals surface area contributed by atoms with Crippen molar-refractivity contribution in [2.24, 2.45) is 5.92 Å². The molecule has 0 saturated carbocycles. The third kappa shape index (κ3) is 5.45. The number of carbonyl (C=O) groups is 1. The smallest absolute Gasteiger partial charge is 0.307 e. The van der Waals surface area contributed by atoms with Crippen LogP contribution < -0.4 is 10.0 Å². The van der Waals surface area contributed by atoms with Gasteiger partial charge in [0.25, 0.3) is 0 Å². The monoisotopic (exact) mass is 444 g/mol. The number of likely N-dealkylation sites (tertiary alicyclic amines) is 1. The molecule has 0 aromatic heterocycles. The molecule has 1 aliphatic heterocycles. The Hall–Kier alpha value is 0.0364. The maximum Gasteiger partial charge on any atom is 0.332 e. The van der Waals surface area contributed by atoms with Gasteiger partial charge in [0.15, 0.2) is 0 Å². The van der Waals surface area contributed by atoms with Crippen molar-refractivity contribution in [1.29, 1.82) is 0 Å². The zero-order valence-corrected chi connectivity index (χ0v) is 21.8. The van der Waals surface area contributed by atoms with Gasteiger partial charge in [0.05, 0.1) is 5.75 Å². The minimum atomic E-state index is -3.65. The number of hydrogen-bond donors (Lipinski definition) is 2. The summed E-state index contributed by atoms with van der Waals surface area (Å²) in [6, 6.07) is 2.10. The standard InChI is InChI=1S/C21H31N3O3S.K/c1-14(2)24-10-9-15(12-24)13-28(26,27)23-21(25)22-20-18-7-3-5-16(18)11-17-6-4-8-19(17)20;/h11,14-15H,3-10,12-13H2,1-2H3,(H2,22,23,25);. The molecule has 3 aliphatic rings. The molecule has 1 heterocycles. The molecule has 2 aliphatic carbocycles. The second kappa shape index (κ2) is 9.67. The van der Waals surface area contributed by atoms with Crippen LogP contribution in [0.3, 0.4) is 0 Å². The van der Waals surface area contributed by atoms with E-state index in [1.807, 2.05) is 0 Å². The Labute approximate surface area is 217 Å². The van der Waals surface area contributed by atoms with E-state index in [4.69, 9.17) is 0 Å². The summed E-state index contributed by atoms with van der Waals surface area (Å²) in [5, 5.41) is 2.91. The predicted molar refractivity (Wildman–Crippen MR) is 117 cm³/mol.